The van der Waals surface area contributed by atoms with Crippen LogP contribution in [0.1, 0.15) is 47.1 Å². The lowest BCUT2D eigenvalue weighted by molar-refractivity contribution is -0.124. The van der Waals surface area contributed by atoms with Crippen LogP contribution in [-0.4, -0.2) is 44.2 Å². The van der Waals surface area contributed by atoms with Gasteiger partial charge < -0.3 is 4.98 Å². The van der Waals surface area contributed by atoms with Crippen molar-refractivity contribution in [1.82, 2.24) is 4.98 Å². The normalized spacial score (nSPS) is 35.2. The summed E-state index contributed by atoms with van der Waals surface area (Å²) in [6.45, 7) is 0. The first-order chi connectivity index (χ1) is 32.0. The van der Waals surface area contributed by atoms with Gasteiger partial charge in [0.1, 0.15) is 0 Å². The van der Waals surface area contributed by atoms with Crippen molar-refractivity contribution in [3.63, 3.8) is 0 Å². The molecule has 15 heteroatoms. The average Bonchev–Trinajstić information content (AvgIpc) is 4.21. The van der Waals surface area contributed by atoms with Crippen molar-refractivity contribution >= 4 is 119 Å². The zero-order chi connectivity index (χ0) is 44.9. The number of rotatable bonds is 4. The van der Waals surface area contributed by atoms with Crippen molar-refractivity contribution in [1.29, 1.82) is 0 Å². The molecule has 0 radical (unpaired) electrons. The molecule has 4 bridgehead atoms. The first-order valence-corrected chi connectivity index (χ1v) is 27.4. The lowest BCUT2D eigenvalue weighted by Gasteiger charge is -2.44. The minimum Gasteiger partial charge on any atom is -0.307 e. The number of hydrogen-bond donors (Lipinski definition) is 1. The van der Waals surface area contributed by atoms with Gasteiger partial charge in [0.15, 0.2) is 5.12 Å². The first-order valence-electron chi connectivity index (χ1n) is 22.4. The minimum absolute atomic E-state index is 0.0329. The van der Waals surface area contributed by atoms with E-state index in [1.165, 1.54) is 53.8 Å². The summed E-state index contributed by atoms with van der Waals surface area (Å²) in [5.74, 6) is 0.205. The van der Waals surface area contributed by atoms with Crippen LogP contribution in [0.25, 0.3) is 0 Å². The maximum Gasteiger partial charge on any atom is 0.305 e. The van der Waals surface area contributed by atoms with Crippen LogP contribution < -0.4 is 14.7 Å². The van der Waals surface area contributed by atoms with E-state index in [2.05, 4.69) is 73.2 Å². The molecule has 6 heterocycles. The van der Waals surface area contributed by atoms with Crippen LogP contribution >= 0.6 is 78.5 Å². The van der Waals surface area contributed by atoms with E-state index in [1.807, 2.05) is 84.6 Å². The number of carbonyl (C=O) groups excluding carboxylic acids is 5. The number of carbonyl (C=O) groups is 5. The summed E-state index contributed by atoms with van der Waals surface area (Å²) < 4.78 is 1.84. The molecular weight excluding hydrogens is 1040 g/mol. The fourth-order valence-electron chi connectivity index (χ4n) is 14.0. The highest BCUT2D eigenvalue weighted by atomic mass is 79.9. The van der Waals surface area contributed by atoms with Crippen LogP contribution in [0.5, 0.6) is 0 Å². The quantitative estimate of drug-likeness (QED) is 0.175. The van der Waals surface area contributed by atoms with Crippen LogP contribution in [0, 0.1) is 59.2 Å². The summed E-state index contributed by atoms with van der Waals surface area (Å²) in [4.78, 5) is 88.6. The SMILES string of the molecule is O=C1CC2=C(S1)[C@H](c1ccccc1)[C@H]1[C@H]3C[C@@H]([C@H]1S2)[C@H]1C(=O)N(c2ccc(Br)cc2)C(=O)[C@@H]31.O=C1[C@@H]2[C@H]3C[C@H]([C@@H]4Sc5[nH]c(=O)sc5[C@@H](c5ccccc5)[C@H]34)[C@@H]2C(=O)N1c1ccc(Br)cc1. The number of imide groups is 2. The number of halogens is 2. The third-order valence-electron chi connectivity index (χ3n) is 16.1. The number of fused-ring (bicyclic) bond motifs is 17. The van der Waals surface area contributed by atoms with E-state index in [0.29, 0.717) is 17.8 Å². The number of thiazole rings is 1. The zero-order valence-electron chi connectivity index (χ0n) is 34.8. The van der Waals surface area contributed by atoms with Crippen molar-refractivity contribution in [3.05, 3.63) is 154 Å². The molecule has 9 aliphatic rings. The Balaban J connectivity index is 0.000000132. The summed E-state index contributed by atoms with van der Waals surface area (Å²) in [6.07, 6.45) is 2.35. The number of aromatic nitrogens is 1. The number of allylic oxidation sites excluding steroid dienone is 2. The van der Waals surface area contributed by atoms with Crippen molar-refractivity contribution in [2.45, 2.75) is 46.6 Å². The van der Waals surface area contributed by atoms with Gasteiger partial charge in [-0.2, -0.15) is 0 Å². The molecule has 0 unspecified atom stereocenters. The zero-order valence-corrected chi connectivity index (χ0v) is 41.3. The Kier molecular flexibility index (Phi) is 10.1. The van der Waals surface area contributed by atoms with Gasteiger partial charge in [-0.3, -0.25) is 38.6 Å². The number of nitrogens with one attached hydrogen (secondary N) is 1. The number of nitrogens with zero attached hydrogens (tertiary/aromatic N) is 2. The molecule has 5 aliphatic heterocycles. The second kappa shape index (κ2) is 15.8. The Morgan fingerprint density at radius 1 is 0.530 bits per heavy atom. The smallest absolute Gasteiger partial charge is 0.305 e. The van der Waals surface area contributed by atoms with Gasteiger partial charge in [-0.25, -0.2) is 0 Å². The topological polar surface area (TPSA) is 125 Å². The molecule has 14 atom stereocenters. The van der Waals surface area contributed by atoms with E-state index >= 15 is 0 Å². The first kappa shape index (κ1) is 42.1. The highest BCUT2D eigenvalue weighted by Crippen LogP contribution is 2.71. The molecule has 2 saturated heterocycles. The van der Waals surface area contributed by atoms with Crippen molar-refractivity contribution in [2.24, 2.45) is 59.2 Å². The lowest BCUT2D eigenvalue weighted by atomic mass is 9.68. The third-order valence-corrected chi connectivity index (χ3v) is 22.6. The Morgan fingerprint density at radius 2 is 0.985 bits per heavy atom. The van der Waals surface area contributed by atoms with Crippen molar-refractivity contribution in [2.75, 3.05) is 9.80 Å². The lowest BCUT2D eigenvalue weighted by Crippen LogP contribution is -2.42. The van der Waals surface area contributed by atoms with E-state index in [0.717, 1.165) is 31.7 Å². The second-order valence-electron chi connectivity index (χ2n) is 18.9. The van der Waals surface area contributed by atoms with Crippen LogP contribution in [0.15, 0.2) is 138 Å². The standard InChI is InChI=1S/C26H20BrNO3S2.C25H19BrN2O3S2/c27-13-6-8-14(9-7-13)28-25(30)21-15-10-16(22(21)26(28)31)23-20(15)19(12-4-2-1-3-5-12)24-17(32-23)11-18(29)33-24;26-12-6-8-13(9-7-12)28-23(29)18-14-10-15(19(18)24(28)30)20-17(14)16(11-4-2-1-3-5-11)21-22(32-20)27-25(31)33-21/h1-9,15-16,19-23H,10-11H2;1-9,14-20H,10H2,(H,27,31)/t15-,16-,19-,20-,21+,22-,23-;14-,15-,16-,17-,18+,19-,20-/m10/s1. The van der Waals surface area contributed by atoms with Crippen molar-refractivity contribution < 1.29 is 24.0 Å². The van der Waals surface area contributed by atoms with E-state index in [4.69, 9.17) is 0 Å². The number of aromatic amines is 1. The van der Waals surface area contributed by atoms with E-state index in [1.54, 1.807) is 11.8 Å². The van der Waals surface area contributed by atoms with Gasteiger partial charge in [-0.05, 0) is 108 Å². The number of hydrogen-bond acceptors (Lipinski definition) is 10. The molecule has 9 nitrogen and oxygen atoms in total. The molecule has 14 rings (SSSR count). The van der Waals surface area contributed by atoms with E-state index < -0.39 is 0 Å². The summed E-state index contributed by atoms with van der Waals surface area (Å²) >= 11 is 13.1. The van der Waals surface area contributed by atoms with Crippen LogP contribution in [0.4, 0.5) is 11.4 Å². The fraction of sp³-hybridized carbons (Fsp3) is 0.333. The van der Waals surface area contributed by atoms with Crippen LogP contribution in [-0.2, 0) is 24.0 Å². The van der Waals surface area contributed by atoms with Crippen LogP contribution in [0.2, 0.25) is 0 Å². The molecule has 6 fully saturated rings. The number of H-pyrrole nitrogens is 1. The second-order valence-corrected chi connectivity index (χ2v) is 25.4. The van der Waals surface area contributed by atoms with Crippen molar-refractivity contribution in [3.8, 4) is 0 Å². The Hall–Kier alpha value is -3.99. The van der Waals surface area contributed by atoms with Gasteiger partial charge in [-0.1, -0.05) is 116 Å². The molecule has 4 saturated carbocycles. The maximum atomic E-state index is 13.7. The summed E-state index contributed by atoms with van der Waals surface area (Å²) in [5.41, 5.74) is 3.74. The maximum absolute atomic E-state index is 13.7. The van der Waals surface area contributed by atoms with Gasteiger partial charge in [0.25, 0.3) is 0 Å². The minimum atomic E-state index is -0.267. The number of amides is 4. The Labute approximate surface area is 413 Å². The predicted molar refractivity (Wildman–Crippen MR) is 265 cm³/mol. The number of thioether (sulfide) groups is 3. The van der Waals surface area contributed by atoms with Gasteiger partial charge in [-0.15, -0.1) is 23.5 Å². The number of anilines is 2. The molecular formula is C51H39Br2N3O6S4. The van der Waals surface area contributed by atoms with Crippen LogP contribution in [0.3, 0.4) is 0 Å². The van der Waals surface area contributed by atoms with E-state index in [9.17, 15) is 28.8 Å². The molecule has 4 amide bonds. The molecule has 0 spiro atoms. The van der Waals surface area contributed by atoms with Gasteiger partial charge in [0, 0.05) is 52.4 Å². The largest absolute Gasteiger partial charge is 0.307 e. The molecule has 1 aromatic heterocycles. The van der Waals surface area contributed by atoms with Gasteiger partial charge in [0.05, 0.1) is 40.1 Å². The molecule has 332 valence electrons. The highest BCUT2D eigenvalue weighted by molar-refractivity contribution is 9.10. The molecule has 4 aromatic carbocycles. The van der Waals surface area contributed by atoms with E-state index in [-0.39, 0.29) is 115 Å². The highest BCUT2D eigenvalue weighted by Gasteiger charge is 2.71. The number of benzene rings is 4. The average molecular weight is 1080 g/mol. The fourth-order valence-corrected chi connectivity index (χ4v) is 20.6. The summed E-state index contributed by atoms with van der Waals surface area (Å²) in [6, 6.07) is 35.6. The Morgan fingerprint density at radius 3 is 1.50 bits per heavy atom. The predicted octanol–water partition coefficient (Wildman–Crippen LogP) is 10.5. The molecule has 1 N–H and O–H groups in total. The van der Waals surface area contributed by atoms with Gasteiger partial charge >= 0.3 is 4.87 Å². The van der Waals surface area contributed by atoms with Gasteiger partial charge in [0.2, 0.25) is 23.6 Å². The molecule has 66 heavy (non-hydrogen) atoms. The molecule has 5 aromatic rings. The monoisotopic (exact) mass is 1080 g/mol. The Bertz CT molecular complexity index is 3000. The summed E-state index contributed by atoms with van der Waals surface area (Å²) in [7, 11) is 0. The molecule has 4 aliphatic carbocycles. The third kappa shape index (κ3) is 6.17. The summed E-state index contributed by atoms with van der Waals surface area (Å²) in [5, 5.41) is 1.68.